The summed E-state index contributed by atoms with van der Waals surface area (Å²) in [5, 5.41) is 3.49. The fourth-order valence-electron chi connectivity index (χ4n) is 2.40. The van der Waals surface area contributed by atoms with Crippen LogP contribution in [0.4, 0.5) is 5.69 Å². The summed E-state index contributed by atoms with van der Waals surface area (Å²) in [6.45, 7) is 5.13. The molecule has 15 heavy (non-hydrogen) atoms. The van der Waals surface area contributed by atoms with Gasteiger partial charge in [0.1, 0.15) is 12.4 Å². The van der Waals surface area contributed by atoms with Gasteiger partial charge in [0.25, 0.3) is 0 Å². The lowest BCUT2D eigenvalue weighted by Gasteiger charge is -2.44. The molecule has 2 aliphatic rings. The van der Waals surface area contributed by atoms with Gasteiger partial charge in [0.05, 0.1) is 11.7 Å². The number of para-hydroxylation sites is 2. The zero-order valence-corrected chi connectivity index (χ0v) is 8.94. The van der Waals surface area contributed by atoms with Crippen molar-refractivity contribution in [2.45, 2.75) is 19.0 Å². The summed E-state index contributed by atoms with van der Waals surface area (Å²) in [5.74, 6) is 1.03. The molecule has 3 heteroatoms. The molecule has 3 nitrogen and oxygen atoms in total. The summed E-state index contributed by atoms with van der Waals surface area (Å²) in [5.41, 5.74) is 1.25. The van der Waals surface area contributed by atoms with E-state index < -0.39 is 0 Å². The highest BCUT2D eigenvalue weighted by Gasteiger charge is 2.31. The number of hydrogen-bond acceptors (Lipinski definition) is 3. The number of fused-ring (bicyclic) bond motifs is 3. The second-order valence-corrected chi connectivity index (χ2v) is 4.39. The minimum absolute atomic E-state index is 0.496. The minimum Gasteiger partial charge on any atom is -0.489 e. The first-order valence-electron chi connectivity index (χ1n) is 5.56. The van der Waals surface area contributed by atoms with Crippen LogP contribution in [0.1, 0.15) is 6.92 Å². The van der Waals surface area contributed by atoms with Gasteiger partial charge in [0, 0.05) is 19.1 Å². The minimum atomic E-state index is 0.496. The van der Waals surface area contributed by atoms with E-state index in [0.717, 1.165) is 25.4 Å². The highest BCUT2D eigenvalue weighted by molar-refractivity contribution is 5.61. The Morgan fingerprint density at radius 3 is 3.20 bits per heavy atom. The van der Waals surface area contributed by atoms with Gasteiger partial charge in [-0.15, -0.1) is 0 Å². The van der Waals surface area contributed by atoms with Crippen LogP contribution >= 0.6 is 0 Å². The quantitative estimate of drug-likeness (QED) is 0.688. The largest absolute Gasteiger partial charge is 0.489 e. The average molecular weight is 204 g/mol. The van der Waals surface area contributed by atoms with E-state index >= 15 is 0 Å². The van der Waals surface area contributed by atoms with Gasteiger partial charge in [0.15, 0.2) is 0 Å². The zero-order chi connectivity index (χ0) is 10.3. The summed E-state index contributed by atoms with van der Waals surface area (Å²) >= 11 is 0. The molecular formula is C12H16N2O. The molecule has 0 amide bonds. The predicted octanol–water partition coefficient (Wildman–Crippen LogP) is 1.25. The summed E-state index contributed by atoms with van der Waals surface area (Å²) in [6.07, 6.45) is 0. The number of ether oxygens (including phenoxy) is 1. The van der Waals surface area contributed by atoms with Crippen molar-refractivity contribution in [3.63, 3.8) is 0 Å². The van der Waals surface area contributed by atoms with Gasteiger partial charge in [0.2, 0.25) is 0 Å². The highest BCUT2D eigenvalue weighted by Crippen LogP contribution is 2.34. The Balaban J connectivity index is 1.96. The zero-order valence-electron chi connectivity index (χ0n) is 8.94. The van der Waals surface area contributed by atoms with Crippen molar-refractivity contribution in [2.75, 3.05) is 24.6 Å². The van der Waals surface area contributed by atoms with E-state index in [-0.39, 0.29) is 0 Å². The molecular weight excluding hydrogens is 188 g/mol. The van der Waals surface area contributed by atoms with Crippen LogP contribution in [-0.4, -0.2) is 31.8 Å². The molecule has 1 aromatic rings. The lowest BCUT2D eigenvalue weighted by atomic mass is 10.1. The maximum absolute atomic E-state index is 5.75. The standard InChI is InChI=1S/C12H16N2O/c1-9-7-14-10(6-13-9)8-15-12-5-3-2-4-11(12)14/h2-5,9-10,13H,6-8H2,1H3/t9-,10?/m0/s1. The number of nitrogens with one attached hydrogen (secondary N) is 1. The monoisotopic (exact) mass is 204 g/mol. The Bertz CT molecular complexity index is 366. The summed E-state index contributed by atoms with van der Waals surface area (Å²) < 4.78 is 5.75. The Kier molecular flexibility index (Phi) is 2.06. The van der Waals surface area contributed by atoms with Gasteiger partial charge in [-0.25, -0.2) is 0 Å². The molecule has 0 aliphatic carbocycles. The summed E-state index contributed by atoms with van der Waals surface area (Å²) in [7, 11) is 0. The molecule has 1 N–H and O–H groups in total. The fraction of sp³-hybridized carbons (Fsp3) is 0.500. The van der Waals surface area contributed by atoms with Crippen LogP contribution in [0.3, 0.4) is 0 Å². The third-order valence-electron chi connectivity index (χ3n) is 3.22. The molecule has 0 saturated carbocycles. The third kappa shape index (κ3) is 1.47. The molecule has 1 saturated heterocycles. The van der Waals surface area contributed by atoms with Crippen LogP contribution in [-0.2, 0) is 0 Å². The third-order valence-corrected chi connectivity index (χ3v) is 3.22. The first-order chi connectivity index (χ1) is 7.34. The summed E-state index contributed by atoms with van der Waals surface area (Å²) in [6, 6.07) is 9.38. The van der Waals surface area contributed by atoms with Gasteiger partial charge >= 0.3 is 0 Å². The molecule has 3 rings (SSSR count). The van der Waals surface area contributed by atoms with Crippen LogP contribution in [0.2, 0.25) is 0 Å². The smallest absolute Gasteiger partial charge is 0.142 e. The molecule has 1 aromatic carbocycles. The van der Waals surface area contributed by atoms with E-state index in [2.05, 4.69) is 35.3 Å². The van der Waals surface area contributed by atoms with Gasteiger partial charge in [-0.05, 0) is 19.1 Å². The van der Waals surface area contributed by atoms with Crippen molar-refractivity contribution < 1.29 is 4.74 Å². The van der Waals surface area contributed by atoms with Crippen molar-refractivity contribution >= 4 is 5.69 Å². The molecule has 2 aliphatic heterocycles. The number of hydrogen-bond donors (Lipinski definition) is 1. The second kappa shape index (κ2) is 3.42. The Hall–Kier alpha value is -1.22. The molecule has 2 heterocycles. The first-order valence-corrected chi connectivity index (χ1v) is 5.56. The fourth-order valence-corrected chi connectivity index (χ4v) is 2.40. The maximum atomic E-state index is 5.75. The topological polar surface area (TPSA) is 24.5 Å². The molecule has 0 spiro atoms. The Morgan fingerprint density at radius 2 is 2.27 bits per heavy atom. The van der Waals surface area contributed by atoms with E-state index in [1.807, 2.05) is 6.07 Å². The molecule has 0 radical (unpaired) electrons. The van der Waals surface area contributed by atoms with Crippen LogP contribution in [0, 0.1) is 0 Å². The molecule has 80 valence electrons. The molecule has 1 unspecified atom stereocenters. The highest BCUT2D eigenvalue weighted by atomic mass is 16.5. The van der Waals surface area contributed by atoms with Crippen LogP contribution in [0.25, 0.3) is 0 Å². The van der Waals surface area contributed by atoms with Gasteiger partial charge < -0.3 is 15.0 Å². The SMILES string of the molecule is C[C@H]1CN2c3ccccc3OCC2CN1. The maximum Gasteiger partial charge on any atom is 0.142 e. The van der Waals surface area contributed by atoms with E-state index in [9.17, 15) is 0 Å². The summed E-state index contributed by atoms with van der Waals surface area (Å²) in [4.78, 5) is 2.47. The Morgan fingerprint density at radius 1 is 1.40 bits per heavy atom. The van der Waals surface area contributed by atoms with Crippen LogP contribution < -0.4 is 15.0 Å². The first kappa shape index (κ1) is 9.04. The Labute approximate surface area is 90.0 Å². The van der Waals surface area contributed by atoms with E-state index in [1.54, 1.807) is 0 Å². The molecule has 1 fully saturated rings. The van der Waals surface area contributed by atoms with Crippen molar-refractivity contribution in [3.8, 4) is 5.75 Å². The van der Waals surface area contributed by atoms with Gasteiger partial charge in [-0.2, -0.15) is 0 Å². The number of piperazine rings is 1. The molecule has 0 bridgehead atoms. The number of anilines is 1. The van der Waals surface area contributed by atoms with Gasteiger partial charge in [-0.3, -0.25) is 0 Å². The van der Waals surface area contributed by atoms with E-state index in [0.29, 0.717) is 12.1 Å². The van der Waals surface area contributed by atoms with Crippen molar-refractivity contribution in [1.29, 1.82) is 0 Å². The van der Waals surface area contributed by atoms with Crippen molar-refractivity contribution in [1.82, 2.24) is 5.32 Å². The van der Waals surface area contributed by atoms with Crippen molar-refractivity contribution in [3.05, 3.63) is 24.3 Å². The van der Waals surface area contributed by atoms with Crippen molar-refractivity contribution in [2.24, 2.45) is 0 Å². The number of nitrogens with zero attached hydrogens (tertiary/aromatic N) is 1. The lowest BCUT2D eigenvalue weighted by molar-refractivity contribution is 0.236. The average Bonchev–Trinajstić information content (AvgIpc) is 2.29. The van der Waals surface area contributed by atoms with E-state index in [1.165, 1.54) is 5.69 Å². The predicted molar refractivity (Wildman–Crippen MR) is 60.5 cm³/mol. The van der Waals surface area contributed by atoms with Gasteiger partial charge in [-0.1, -0.05) is 12.1 Å². The van der Waals surface area contributed by atoms with Crippen LogP contribution in [0.5, 0.6) is 5.75 Å². The second-order valence-electron chi connectivity index (χ2n) is 4.39. The van der Waals surface area contributed by atoms with E-state index in [4.69, 9.17) is 4.74 Å². The molecule has 2 atom stereocenters. The van der Waals surface area contributed by atoms with Crippen LogP contribution in [0.15, 0.2) is 24.3 Å². The normalized spacial score (nSPS) is 29.0. The lowest BCUT2D eigenvalue weighted by Crippen LogP contribution is -2.59. The number of rotatable bonds is 0. The number of benzene rings is 1. The molecule has 0 aromatic heterocycles.